The normalized spacial score (nSPS) is 10.7. The van der Waals surface area contributed by atoms with Crippen LogP contribution in [-0.4, -0.2) is 71.6 Å². The van der Waals surface area contributed by atoms with Crippen molar-refractivity contribution in [2.45, 2.75) is 13.2 Å². The van der Waals surface area contributed by atoms with Crippen LogP contribution in [0.2, 0.25) is 0 Å². The number of rotatable bonds is 12. The van der Waals surface area contributed by atoms with E-state index >= 15 is 0 Å². The molecular formula is C34H30O8Sr. The summed E-state index contributed by atoms with van der Waals surface area (Å²) in [6, 6.07) is 33.8. The Hall–Kier alpha value is -4.02. The molecule has 0 heterocycles. The molecule has 4 aromatic rings. The Kier molecular flexibility index (Phi) is 15.7. The van der Waals surface area contributed by atoms with Crippen molar-refractivity contribution in [1.29, 1.82) is 0 Å². The molecule has 0 saturated heterocycles. The summed E-state index contributed by atoms with van der Waals surface area (Å²) in [5.74, 6) is -1.70. The van der Waals surface area contributed by atoms with Crippen LogP contribution in [0.3, 0.4) is 0 Å². The van der Waals surface area contributed by atoms with E-state index in [2.05, 4.69) is 0 Å². The molecule has 0 bridgehead atoms. The van der Waals surface area contributed by atoms with Crippen LogP contribution < -0.4 is 19.7 Å². The Bertz CT molecular complexity index is 1350. The van der Waals surface area contributed by atoms with Gasteiger partial charge < -0.3 is 38.7 Å². The molecule has 0 spiro atoms. The van der Waals surface area contributed by atoms with Crippen LogP contribution in [0.25, 0.3) is 12.2 Å². The molecule has 0 fully saturated rings. The van der Waals surface area contributed by atoms with Gasteiger partial charge in [0.2, 0.25) is 0 Å². The third kappa shape index (κ3) is 12.8. The number of methoxy groups -OCH3 is 2. The zero-order valence-corrected chi connectivity index (χ0v) is 27.4. The number of benzene rings is 4. The largest absolute Gasteiger partial charge is 2.00 e. The van der Waals surface area contributed by atoms with E-state index in [1.807, 2.05) is 60.7 Å². The molecule has 0 saturated carbocycles. The van der Waals surface area contributed by atoms with Crippen molar-refractivity contribution >= 4 is 69.6 Å². The van der Waals surface area contributed by atoms with Crippen molar-refractivity contribution in [3.05, 3.63) is 143 Å². The van der Waals surface area contributed by atoms with Crippen LogP contribution in [0.5, 0.6) is 11.5 Å². The van der Waals surface area contributed by atoms with Crippen LogP contribution in [0.4, 0.5) is 0 Å². The van der Waals surface area contributed by atoms with E-state index in [1.165, 1.54) is 26.4 Å². The minimum absolute atomic E-state index is 0. The smallest absolute Gasteiger partial charge is 0.542 e. The second-order valence-electron chi connectivity index (χ2n) is 8.69. The fraction of sp³-hybridized carbons (Fsp3) is 0.118. The topological polar surface area (TPSA) is 117 Å². The number of carboxylic acid groups (broad SMARTS) is 2. The molecule has 9 heteroatoms. The molecule has 4 aromatic carbocycles. The quantitative estimate of drug-likeness (QED) is 0.129. The van der Waals surface area contributed by atoms with Gasteiger partial charge >= 0.3 is 45.5 Å². The van der Waals surface area contributed by atoms with Gasteiger partial charge in [-0.1, -0.05) is 84.9 Å². The number of aliphatic carboxylic acids is 2. The molecule has 0 radical (unpaired) electrons. The van der Waals surface area contributed by atoms with Gasteiger partial charge in [0.1, 0.15) is 48.2 Å². The van der Waals surface area contributed by atoms with Gasteiger partial charge in [0.25, 0.3) is 0 Å². The first-order chi connectivity index (χ1) is 20.4. The van der Waals surface area contributed by atoms with Gasteiger partial charge in [0.05, 0.1) is 14.2 Å². The Morgan fingerprint density at radius 1 is 0.558 bits per heavy atom. The van der Waals surface area contributed by atoms with E-state index in [9.17, 15) is 19.8 Å². The van der Waals surface area contributed by atoms with E-state index in [0.29, 0.717) is 35.8 Å². The number of carboxylic acids is 2. The number of carbonyl (C=O) groups is 2. The first-order valence-electron chi connectivity index (χ1n) is 12.9. The second kappa shape index (κ2) is 19.2. The maximum atomic E-state index is 10.7. The van der Waals surface area contributed by atoms with Gasteiger partial charge in [0.15, 0.2) is 0 Å². The van der Waals surface area contributed by atoms with Crippen LogP contribution in [-0.2, 0) is 32.3 Å². The predicted molar refractivity (Wildman–Crippen MR) is 160 cm³/mol. The molecule has 0 aromatic heterocycles. The Balaban J connectivity index is 0.000000293. The van der Waals surface area contributed by atoms with E-state index in [4.69, 9.17) is 18.9 Å². The molecule has 0 N–H and O–H groups in total. The Labute approximate surface area is 288 Å². The average molecular weight is 654 g/mol. The Morgan fingerprint density at radius 3 is 1.16 bits per heavy atom. The molecular weight excluding hydrogens is 624 g/mol. The van der Waals surface area contributed by atoms with E-state index in [-0.39, 0.29) is 57.0 Å². The van der Waals surface area contributed by atoms with E-state index in [1.54, 1.807) is 48.5 Å². The summed E-state index contributed by atoms with van der Waals surface area (Å²) in [6.45, 7) is 0.969. The molecule has 0 amide bonds. The molecule has 0 atom stereocenters. The van der Waals surface area contributed by atoms with Crippen molar-refractivity contribution in [2.24, 2.45) is 0 Å². The molecule has 0 aliphatic carbocycles. The predicted octanol–water partition coefficient (Wildman–Crippen LogP) is 3.62. The van der Waals surface area contributed by atoms with Gasteiger partial charge in [-0.25, -0.2) is 0 Å². The third-order valence-corrected chi connectivity index (χ3v) is 5.69. The molecule has 0 aliphatic rings. The van der Waals surface area contributed by atoms with Crippen LogP contribution in [0.15, 0.2) is 121 Å². The number of carbonyl (C=O) groups excluding carboxylic acids is 2. The van der Waals surface area contributed by atoms with Crippen molar-refractivity contribution < 1.29 is 38.7 Å². The average Bonchev–Trinajstić information content (AvgIpc) is 3.02. The summed E-state index contributed by atoms with van der Waals surface area (Å²) < 4.78 is 20.7. The zero-order chi connectivity index (χ0) is 30.2. The zero-order valence-electron chi connectivity index (χ0n) is 23.9. The summed E-state index contributed by atoms with van der Waals surface area (Å²) in [5.41, 5.74) is 3.56. The molecule has 43 heavy (non-hydrogen) atoms. The van der Waals surface area contributed by atoms with Gasteiger partial charge in [-0.2, -0.15) is 0 Å². The number of ether oxygens (including phenoxy) is 4. The van der Waals surface area contributed by atoms with Gasteiger partial charge in [-0.15, -0.1) is 0 Å². The van der Waals surface area contributed by atoms with Crippen molar-refractivity contribution in [2.75, 3.05) is 14.2 Å². The van der Waals surface area contributed by atoms with Crippen molar-refractivity contribution in [3.63, 3.8) is 0 Å². The van der Waals surface area contributed by atoms with Gasteiger partial charge in [-0.3, -0.25) is 0 Å². The summed E-state index contributed by atoms with van der Waals surface area (Å²) in [4.78, 5) is 21.5. The Morgan fingerprint density at radius 2 is 0.884 bits per heavy atom. The SMILES string of the molecule is COC(=Cc1ccc(OCc2ccccc2)cc1)C(=O)[O-].COC(=Cc1ccc(OCc2ccccc2)cc1)C(=O)[O-].[Sr+2]. The summed E-state index contributed by atoms with van der Waals surface area (Å²) in [7, 11) is 2.58. The van der Waals surface area contributed by atoms with Gasteiger partial charge in [-0.05, 0) is 58.7 Å². The van der Waals surface area contributed by atoms with E-state index in [0.717, 1.165) is 11.1 Å². The number of hydrogen-bond donors (Lipinski definition) is 0. The number of hydrogen-bond acceptors (Lipinski definition) is 8. The first kappa shape index (κ1) is 35.2. The van der Waals surface area contributed by atoms with Crippen molar-refractivity contribution in [3.8, 4) is 11.5 Å². The maximum absolute atomic E-state index is 10.7. The minimum Gasteiger partial charge on any atom is -0.542 e. The molecule has 4 rings (SSSR count). The fourth-order valence-corrected chi connectivity index (χ4v) is 3.51. The first-order valence-corrected chi connectivity index (χ1v) is 12.9. The third-order valence-electron chi connectivity index (χ3n) is 5.69. The van der Waals surface area contributed by atoms with Crippen LogP contribution >= 0.6 is 0 Å². The van der Waals surface area contributed by atoms with Crippen LogP contribution in [0, 0.1) is 0 Å². The van der Waals surface area contributed by atoms with E-state index < -0.39 is 11.9 Å². The van der Waals surface area contributed by atoms with Gasteiger partial charge in [0, 0.05) is 0 Å². The van der Waals surface area contributed by atoms with Crippen molar-refractivity contribution in [1.82, 2.24) is 0 Å². The molecule has 216 valence electrons. The molecule has 0 unspecified atom stereocenters. The fourth-order valence-electron chi connectivity index (χ4n) is 3.51. The summed E-state index contributed by atoms with van der Waals surface area (Å²) in [6.07, 6.45) is 2.80. The monoisotopic (exact) mass is 654 g/mol. The second-order valence-corrected chi connectivity index (χ2v) is 8.69. The molecule has 0 aliphatic heterocycles. The molecule has 8 nitrogen and oxygen atoms in total. The minimum atomic E-state index is -1.35. The summed E-state index contributed by atoms with van der Waals surface area (Å²) >= 11 is 0. The van der Waals surface area contributed by atoms with Crippen LogP contribution in [0.1, 0.15) is 22.3 Å². The standard InChI is InChI=1S/2C17H16O4.Sr/c2*1-20-16(17(18)19)11-13-7-9-15(10-8-13)21-12-14-5-3-2-4-6-14;/h2*2-11H,12H2,1H3,(H,18,19);/q;;+2/p-2. The summed E-state index contributed by atoms with van der Waals surface area (Å²) in [5, 5.41) is 21.5. The maximum Gasteiger partial charge on any atom is 2.00 e.